The number of carbonyl (C=O) groups excluding carboxylic acids is 1. The van der Waals surface area contributed by atoms with E-state index in [1.54, 1.807) is 24.3 Å². The van der Waals surface area contributed by atoms with E-state index in [1.165, 1.54) is 7.11 Å². The number of carbonyl (C=O) groups is 1. The van der Waals surface area contributed by atoms with Gasteiger partial charge >= 0.3 is 5.97 Å². The van der Waals surface area contributed by atoms with Crippen LogP contribution in [0.2, 0.25) is 0 Å². The Labute approximate surface area is 160 Å². The highest BCUT2D eigenvalue weighted by Crippen LogP contribution is 2.34. The summed E-state index contributed by atoms with van der Waals surface area (Å²) in [5.41, 5.74) is 3.58. The number of benzene rings is 2. The first-order valence-corrected chi connectivity index (χ1v) is 9.08. The highest BCUT2D eigenvalue weighted by Gasteiger charge is 2.26. The molecule has 2 aromatic carbocycles. The molecule has 0 saturated heterocycles. The Hall–Kier alpha value is -3.00. The lowest BCUT2D eigenvalue weighted by Crippen LogP contribution is -2.23. The summed E-state index contributed by atoms with van der Waals surface area (Å²) in [6.07, 6.45) is 1.51. The van der Waals surface area contributed by atoms with Gasteiger partial charge in [0.25, 0.3) is 0 Å². The van der Waals surface area contributed by atoms with Crippen LogP contribution in [0.4, 0.5) is 5.69 Å². The molecule has 0 bridgehead atoms. The second kappa shape index (κ2) is 9.09. The highest BCUT2D eigenvalue weighted by atomic mass is 16.5. The Morgan fingerprint density at radius 3 is 2.44 bits per heavy atom. The van der Waals surface area contributed by atoms with Crippen molar-refractivity contribution in [2.45, 2.75) is 39.7 Å². The summed E-state index contributed by atoms with van der Waals surface area (Å²) >= 11 is 0. The molecule has 0 amide bonds. The molecule has 0 aliphatic rings. The van der Waals surface area contributed by atoms with E-state index < -0.39 is 12.0 Å². The number of phenolic OH excluding ortho intramolecular Hbond substituents is 1. The van der Waals surface area contributed by atoms with Crippen LogP contribution in [0.25, 0.3) is 0 Å². The predicted molar refractivity (Wildman–Crippen MR) is 106 cm³/mol. The molecule has 27 heavy (non-hydrogen) atoms. The van der Waals surface area contributed by atoms with Crippen molar-refractivity contribution in [3.8, 4) is 11.8 Å². The second-order valence-electron chi connectivity index (χ2n) is 6.93. The number of hydrogen-bond acceptors (Lipinski definition) is 5. The first-order valence-electron chi connectivity index (χ1n) is 9.08. The topological polar surface area (TPSA) is 82.4 Å². The van der Waals surface area contributed by atoms with Crippen LogP contribution in [0.5, 0.6) is 5.75 Å². The fourth-order valence-electron chi connectivity index (χ4n) is 3.00. The van der Waals surface area contributed by atoms with Gasteiger partial charge in [0.05, 0.1) is 18.7 Å². The quantitative estimate of drug-likeness (QED) is 0.712. The molecule has 5 nitrogen and oxygen atoms in total. The van der Waals surface area contributed by atoms with Gasteiger partial charge in [-0.05, 0) is 60.2 Å². The molecule has 2 rings (SSSR count). The third-order valence-corrected chi connectivity index (χ3v) is 4.39. The molecule has 0 heterocycles. The zero-order chi connectivity index (χ0) is 20.0. The maximum absolute atomic E-state index is 12.5. The van der Waals surface area contributed by atoms with Crippen molar-refractivity contribution >= 4 is 11.7 Å². The van der Waals surface area contributed by atoms with Gasteiger partial charge < -0.3 is 15.2 Å². The normalized spacial score (nSPS) is 11.7. The molecular weight excluding hydrogens is 340 g/mol. The van der Waals surface area contributed by atoms with E-state index in [4.69, 9.17) is 10.00 Å². The molecule has 142 valence electrons. The number of nitriles is 1. The number of rotatable bonds is 7. The maximum atomic E-state index is 12.5. The summed E-state index contributed by atoms with van der Waals surface area (Å²) in [4.78, 5) is 12.5. The van der Waals surface area contributed by atoms with Gasteiger partial charge in [0.1, 0.15) is 5.75 Å². The number of ether oxygens (including phenoxy) is 1. The van der Waals surface area contributed by atoms with Gasteiger partial charge in [-0.25, -0.2) is 4.79 Å². The van der Waals surface area contributed by atoms with E-state index in [2.05, 4.69) is 25.2 Å². The number of nitrogens with one attached hydrogen (secondary N) is 1. The molecular formula is C22H26N2O3. The molecule has 0 fully saturated rings. The van der Waals surface area contributed by atoms with Gasteiger partial charge in [-0.3, -0.25) is 0 Å². The first-order chi connectivity index (χ1) is 12.9. The van der Waals surface area contributed by atoms with Crippen LogP contribution in [-0.4, -0.2) is 18.2 Å². The number of nitrogens with zero attached hydrogens (tertiary/aromatic N) is 1. The van der Waals surface area contributed by atoms with Crippen LogP contribution in [0.3, 0.4) is 0 Å². The largest absolute Gasteiger partial charge is 0.507 e. The minimum absolute atomic E-state index is 0.123. The lowest BCUT2D eigenvalue weighted by atomic mass is 9.93. The van der Waals surface area contributed by atoms with Crippen LogP contribution >= 0.6 is 0 Å². The van der Waals surface area contributed by atoms with Gasteiger partial charge in [-0.2, -0.15) is 5.26 Å². The minimum Gasteiger partial charge on any atom is -0.507 e. The van der Waals surface area contributed by atoms with Crippen molar-refractivity contribution in [1.29, 1.82) is 5.26 Å². The second-order valence-corrected chi connectivity index (χ2v) is 6.93. The molecule has 1 atom stereocenters. The number of hydrogen-bond donors (Lipinski definition) is 2. The van der Waals surface area contributed by atoms with Crippen LogP contribution in [0, 0.1) is 17.2 Å². The summed E-state index contributed by atoms with van der Waals surface area (Å²) in [6.45, 7) is 6.21. The third-order valence-electron chi connectivity index (χ3n) is 4.39. The molecule has 2 aromatic rings. The van der Waals surface area contributed by atoms with Crippen molar-refractivity contribution < 1.29 is 14.6 Å². The minimum atomic E-state index is -0.847. The number of aryl methyl sites for hydroxylation is 1. The average Bonchev–Trinajstić information content (AvgIpc) is 2.67. The molecule has 0 saturated carbocycles. The molecule has 0 radical (unpaired) electrons. The number of aromatic hydroxyl groups is 1. The van der Waals surface area contributed by atoms with Crippen LogP contribution in [-0.2, 0) is 22.4 Å². The maximum Gasteiger partial charge on any atom is 0.333 e. The fourth-order valence-corrected chi connectivity index (χ4v) is 3.00. The Morgan fingerprint density at radius 1 is 1.26 bits per heavy atom. The lowest BCUT2D eigenvalue weighted by molar-refractivity contribution is -0.141. The van der Waals surface area contributed by atoms with Crippen LogP contribution in [0.1, 0.15) is 49.1 Å². The standard InChI is InChI=1S/C22H26N2O3/c1-5-15-11-17(10-14(2)3)21(25)19(12-15)20(22(26)27-4)24-18-8-6-16(13-23)7-9-18/h6-9,11-12,14,20,24-25H,5,10H2,1-4H3. The zero-order valence-corrected chi connectivity index (χ0v) is 16.2. The summed E-state index contributed by atoms with van der Waals surface area (Å²) in [5.74, 6) is 0.00905. The number of phenols is 1. The Balaban J connectivity index is 2.48. The van der Waals surface area contributed by atoms with Crippen molar-refractivity contribution in [3.05, 3.63) is 58.7 Å². The third kappa shape index (κ3) is 5.01. The van der Waals surface area contributed by atoms with Crippen LogP contribution < -0.4 is 5.32 Å². The van der Waals surface area contributed by atoms with Gasteiger partial charge in [0.2, 0.25) is 0 Å². The van der Waals surface area contributed by atoms with Crippen molar-refractivity contribution in [2.75, 3.05) is 12.4 Å². The molecule has 0 aliphatic heterocycles. The summed E-state index contributed by atoms with van der Waals surface area (Å²) in [5, 5.41) is 22.9. The van der Waals surface area contributed by atoms with Gasteiger partial charge in [-0.1, -0.05) is 26.8 Å². The molecule has 0 aromatic heterocycles. The highest BCUT2D eigenvalue weighted by molar-refractivity contribution is 5.82. The van der Waals surface area contributed by atoms with Crippen molar-refractivity contribution in [2.24, 2.45) is 5.92 Å². The Bertz CT molecular complexity index is 836. The molecule has 5 heteroatoms. The molecule has 2 N–H and O–H groups in total. The molecule has 0 spiro atoms. The molecule has 0 aliphatic carbocycles. The smallest absolute Gasteiger partial charge is 0.333 e. The van der Waals surface area contributed by atoms with E-state index in [9.17, 15) is 9.90 Å². The lowest BCUT2D eigenvalue weighted by Gasteiger charge is -2.22. The summed E-state index contributed by atoms with van der Waals surface area (Å²) < 4.78 is 4.97. The van der Waals surface area contributed by atoms with Gasteiger partial charge in [0.15, 0.2) is 6.04 Å². The molecule has 1 unspecified atom stereocenters. The predicted octanol–water partition coefficient (Wildman–Crippen LogP) is 4.35. The van der Waals surface area contributed by atoms with E-state index >= 15 is 0 Å². The van der Waals surface area contributed by atoms with Crippen molar-refractivity contribution in [3.63, 3.8) is 0 Å². The number of methoxy groups -OCH3 is 1. The monoisotopic (exact) mass is 366 g/mol. The average molecular weight is 366 g/mol. The SMILES string of the molecule is CCc1cc(CC(C)C)c(O)c(C(Nc2ccc(C#N)cc2)C(=O)OC)c1. The first kappa shape index (κ1) is 20.3. The van der Waals surface area contributed by atoms with E-state index in [0.717, 1.165) is 24.0 Å². The van der Waals surface area contributed by atoms with E-state index in [-0.39, 0.29) is 5.75 Å². The van der Waals surface area contributed by atoms with Gasteiger partial charge in [-0.15, -0.1) is 0 Å². The van der Waals surface area contributed by atoms with E-state index in [1.807, 2.05) is 19.1 Å². The summed E-state index contributed by atoms with van der Waals surface area (Å²) in [6, 6.07) is 11.8. The Morgan fingerprint density at radius 2 is 1.93 bits per heavy atom. The number of anilines is 1. The Kier molecular flexibility index (Phi) is 6.84. The summed E-state index contributed by atoms with van der Waals surface area (Å²) in [7, 11) is 1.32. The zero-order valence-electron chi connectivity index (χ0n) is 16.2. The number of esters is 1. The fraction of sp³-hybridized carbons (Fsp3) is 0.364. The van der Waals surface area contributed by atoms with Gasteiger partial charge in [0, 0.05) is 11.3 Å². The van der Waals surface area contributed by atoms with E-state index in [0.29, 0.717) is 22.7 Å². The van der Waals surface area contributed by atoms with Crippen LogP contribution in [0.15, 0.2) is 36.4 Å². The van der Waals surface area contributed by atoms with Crippen molar-refractivity contribution in [1.82, 2.24) is 0 Å².